The minimum atomic E-state index is -0.704. The predicted octanol–water partition coefficient (Wildman–Crippen LogP) is 1.64. The summed E-state index contributed by atoms with van der Waals surface area (Å²) < 4.78 is 6.75. The lowest BCUT2D eigenvalue weighted by Crippen LogP contribution is -2.42. The van der Waals surface area contributed by atoms with Crippen molar-refractivity contribution in [2.45, 2.75) is 26.5 Å². The Labute approximate surface area is 148 Å². The summed E-state index contributed by atoms with van der Waals surface area (Å²) in [4.78, 5) is 13.6. The lowest BCUT2D eigenvalue weighted by atomic mass is 10.2. The lowest BCUT2D eigenvalue weighted by molar-refractivity contribution is 0.0489. The zero-order chi connectivity index (χ0) is 18.4. The molecule has 0 aliphatic heterocycles. The van der Waals surface area contributed by atoms with E-state index in [9.17, 15) is 9.90 Å². The van der Waals surface area contributed by atoms with Crippen LogP contribution < -0.4 is 5.32 Å². The summed E-state index contributed by atoms with van der Waals surface area (Å²) >= 11 is 0. The van der Waals surface area contributed by atoms with E-state index in [-0.39, 0.29) is 19.2 Å². The van der Waals surface area contributed by atoms with E-state index >= 15 is 0 Å². The van der Waals surface area contributed by atoms with E-state index in [0.29, 0.717) is 6.54 Å². The van der Waals surface area contributed by atoms with Crippen molar-refractivity contribution < 1.29 is 14.6 Å². The molecule has 25 heavy (non-hydrogen) atoms. The number of carbonyl (C=O) groups is 1. The van der Waals surface area contributed by atoms with Crippen LogP contribution in [0.4, 0.5) is 4.79 Å². The number of nitrogens with zero attached hydrogens (tertiary/aromatic N) is 3. The summed E-state index contributed by atoms with van der Waals surface area (Å²) in [5, 5.41) is 17.2. The van der Waals surface area contributed by atoms with E-state index in [1.807, 2.05) is 48.9 Å². The largest absolute Gasteiger partial charge is 0.389 e. The van der Waals surface area contributed by atoms with Crippen LogP contribution in [0.5, 0.6) is 0 Å². The first-order valence-corrected chi connectivity index (χ1v) is 8.20. The number of amides is 2. The molecule has 7 nitrogen and oxygen atoms in total. The molecule has 0 radical (unpaired) electrons. The monoisotopic (exact) mass is 346 g/mol. The maximum atomic E-state index is 12.2. The van der Waals surface area contributed by atoms with Crippen molar-refractivity contribution in [1.29, 1.82) is 0 Å². The van der Waals surface area contributed by atoms with Gasteiger partial charge in [0.2, 0.25) is 0 Å². The average molecular weight is 346 g/mol. The van der Waals surface area contributed by atoms with Crippen LogP contribution >= 0.6 is 0 Å². The number of rotatable bonds is 7. The number of aromatic nitrogens is 2. The van der Waals surface area contributed by atoms with Crippen LogP contribution in [0.2, 0.25) is 0 Å². The number of aliphatic hydroxyl groups excluding tert-OH is 1. The molecule has 0 spiro atoms. The second kappa shape index (κ2) is 8.64. The van der Waals surface area contributed by atoms with E-state index < -0.39 is 6.10 Å². The standard InChI is InChI=1S/C18H26N4O3/c1-13-17(10-19-18(24)21(3)11-16(23)12-25-4)14(2)22(20-13)15-8-6-5-7-9-15/h5-9,16,23H,10-12H2,1-4H3,(H,19,24)/t16-/m1/s1. The molecule has 7 heteroatoms. The quantitative estimate of drug-likeness (QED) is 0.799. The van der Waals surface area contributed by atoms with Gasteiger partial charge in [0, 0.05) is 32.0 Å². The van der Waals surface area contributed by atoms with Gasteiger partial charge in [-0.3, -0.25) is 0 Å². The minimum absolute atomic E-state index is 0.194. The molecule has 2 rings (SSSR count). The number of ether oxygens (including phenoxy) is 1. The summed E-state index contributed by atoms with van der Waals surface area (Å²) in [5.41, 5.74) is 3.85. The molecule has 0 saturated carbocycles. The molecule has 1 aromatic heterocycles. The van der Waals surface area contributed by atoms with E-state index in [2.05, 4.69) is 10.4 Å². The molecule has 0 unspecified atom stereocenters. The minimum Gasteiger partial charge on any atom is -0.389 e. The first-order valence-electron chi connectivity index (χ1n) is 8.20. The molecule has 0 saturated heterocycles. The highest BCUT2D eigenvalue weighted by Gasteiger charge is 2.16. The second-order valence-corrected chi connectivity index (χ2v) is 6.05. The third-order valence-corrected chi connectivity index (χ3v) is 4.05. The highest BCUT2D eigenvalue weighted by atomic mass is 16.5. The highest BCUT2D eigenvalue weighted by molar-refractivity contribution is 5.73. The van der Waals surface area contributed by atoms with Crippen molar-refractivity contribution in [2.75, 3.05) is 27.3 Å². The van der Waals surface area contributed by atoms with Crippen molar-refractivity contribution in [3.63, 3.8) is 0 Å². The van der Waals surface area contributed by atoms with Crippen LogP contribution in [0.25, 0.3) is 5.69 Å². The number of para-hydroxylation sites is 1. The third-order valence-electron chi connectivity index (χ3n) is 4.05. The number of hydrogen-bond acceptors (Lipinski definition) is 4. The number of aryl methyl sites for hydroxylation is 1. The van der Waals surface area contributed by atoms with Crippen molar-refractivity contribution in [3.8, 4) is 5.69 Å². The van der Waals surface area contributed by atoms with Crippen molar-refractivity contribution in [1.82, 2.24) is 20.0 Å². The fraction of sp³-hybridized carbons (Fsp3) is 0.444. The smallest absolute Gasteiger partial charge is 0.317 e. The average Bonchev–Trinajstić information content (AvgIpc) is 2.88. The van der Waals surface area contributed by atoms with E-state index in [1.54, 1.807) is 7.05 Å². The molecular formula is C18H26N4O3. The molecule has 1 atom stereocenters. The van der Waals surface area contributed by atoms with Crippen LogP contribution in [0, 0.1) is 13.8 Å². The van der Waals surface area contributed by atoms with Crippen LogP contribution in [0.3, 0.4) is 0 Å². The first-order chi connectivity index (χ1) is 11.9. The topological polar surface area (TPSA) is 79.6 Å². The number of urea groups is 1. The number of methoxy groups -OCH3 is 1. The Balaban J connectivity index is 2.01. The van der Waals surface area contributed by atoms with Gasteiger partial charge >= 0.3 is 6.03 Å². The normalized spacial score (nSPS) is 12.0. The number of benzene rings is 1. The third kappa shape index (κ3) is 4.80. The van der Waals surface area contributed by atoms with Gasteiger partial charge in [0.05, 0.1) is 30.6 Å². The summed E-state index contributed by atoms with van der Waals surface area (Å²) in [5.74, 6) is 0. The lowest BCUT2D eigenvalue weighted by Gasteiger charge is -2.21. The maximum absolute atomic E-state index is 12.2. The number of carbonyl (C=O) groups excluding carboxylic acids is 1. The Morgan fingerprint density at radius 1 is 1.36 bits per heavy atom. The number of likely N-dealkylation sites (N-methyl/N-ethyl adjacent to an activating group) is 1. The SMILES string of the molecule is COC[C@H](O)CN(C)C(=O)NCc1c(C)nn(-c2ccccc2)c1C. The van der Waals surface area contributed by atoms with Gasteiger partial charge in [-0.05, 0) is 26.0 Å². The van der Waals surface area contributed by atoms with Crippen LogP contribution in [0.1, 0.15) is 17.0 Å². The Kier molecular flexibility index (Phi) is 6.55. The first kappa shape index (κ1) is 19.0. The zero-order valence-corrected chi connectivity index (χ0v) is 15.2. The maximum Gasteiger partial charge on any atom is 0.317 e. The molecule has 0 aliphatic carbocycles. The Hall–Kier alpha value is -2.38. The van der Waals surface area contributed by atoms with Gasteiger partial charge in [0.25, 0.3) is 0 Å². The molecule has 2 aromatic rings. The van der Waals surface area contributed by atoms with Gasteiger partial charge in [-0.2, -0.15) is 5.10 Å². The highest BCUT2D eigenvalue weighted by Crippen LogP contribution is 2.17. The molecule has 136 valence electrons. The van der Waals surface area contributed by atoms with Crippen LogP contribution in [-0.2, 0) is 11.3 Å². The molecule has 0 bridgehead atoms. The second-order valence-electron chi connectivity index (χ2n) is 6.05. The van der Waals surface area contributed by atoms with Gasteiger partial charge in [0.15, 0.2) is 0 Å². The summed E-state index contributed by atoms with van der Waals surface area (Å²) in [7, 11) is 3.15. The zero-order valence-electron chi connectivity index (χ0n) is 15.2. The Morgan fingerprint density at radius 2 is 2.04 bits per heavy atom. The van der Waals surface area contributed by atoms with Gasteiger partial charge in [-0.1, -0.05) is 18.2 Å². The fourth-order valence-electron chi connectivity index (χ4n) is 2.69. The fourth-order valence-corrected chi connectivity index (χ4v) is 2.69. The molecular weight excluding hydrogens is 320 g/mol. The molecule has 0 fully saturated rings. The summed E-state index contributed by atoms with van der Waals surface area (Å²) in [6.07, 6.45) is -0.704. The number of nitrogens with one attached hydrogen (secondary N) is 1. The Morgan fingerprint density at radius 3 is 2.68 bits per heavy atom. The predicted molar refractivity (Wildman–Crippen MR) is 95.8 cm³/mol. The van der Waals surface area contributed by atoms with Crippen molar-refractivity contribution in [2.24, 2.45) is 0 Å². The number of aliphatic hydroxyl groups is 1. The molecule has 2 amide bonds. The van der Waals surface area contributed by atoms with E-state index in [4.69, 9.17) is 4.74 Å². The summed E-state index contributed by atoms with van der Waals surface area (Å²) in [6, 6.07) is 9.63. The van der Waals surface area contributed by atoms with Crippen molar-refractivity contribution >= 4 is 6.03 Å². The molecule has 1 aromatic carbocycles. The van der Waals surface area contributed by atoms with Gasteiger partial charge in [-0.15, -0.1) is 0 Å². The van der Waals surface area contributed by atoms with Gasteiger partial charge < -0.3 is 20.1 Å². The Bertz CT molecular complexity index is 700. The van der Waals surface area contributed by atoms with Crippen LogP contribution in [-0.4, -0.2) is 59.2 Å². The van der Waals surface area contributed by atoms with Gasteiger partial charge in [0.1, 0.15) is 0 Å². The molecule has 0 aliphatic rings. The van der Waals surface area contributed by atoms with Crippen LogP contribution in [0.15, 0.2) is 30.3 Å². The van der Waals surface area contributed by atoms with E-state index in [1.165, 1.54) is 12.0 Å². The van der Waals surface area contributed by atoms with Crippen molar-refractivity contribution in [3.05, 3.63) is 47.3 Å². The van der Waals surface area contributed by atoms with Gasteiger partial charge in [-0.25, -0.2) is 9.48 Å². The van der Waals surface area contributed by atoms with E-state index in [0.717, 1.165) is 22.6 Å². The summed E-state index contributed by atoms with van der Waals surface area (Å²) in [6.45, 7) is 4.70. The molecule has 2 N–H and O–H groups in total. The number of hydrogen-bond donors (Lipinski definition) is 2. The molecule has 1 heterocycles.